The number of rotatable bonds is 3. The van der Waals surface area contributed by atoms with Gasteiger partial charge in [-0.2, -0.15) is 4.98 Å². The molecule has 4 aromatic rings. The first-order chi connectivity index (χ1) is 12.1. The Kier molecular flexibility index (Phi) is 3.61. The van der Waals surface area contributed by atoms with Crippen molar-refractivity contribution in [2.75, 3.05) is 11.1 Å². The molecular weight excluding hydrogens is 310 g/mol. The van der Waals surface area contributed by atoms with E-state index in [4.69, 9.17) is 5.73 Å². The minimum Gasteiger partial charge on any atom is -0.399 e. The molecule has 2 heterocycles. The van der Waals surface area contributed by atoms with Crippen LogP contribution in [0, 0.1) is 13.8 Å². The van der Waals surface area contributed by atoms with Crippen LogP contribution in [0.1, 0.15) is 11.1 Å². The van der Waals surface area contributed by atoms with E-state index in [0.29, 0.717) is 5.95 Å². The van der Waals surface area contributed by atoms with E-state index in [-0.39, 0.29) is 0 Å². The molecule has 0 unspecified atom stereocenters. The molecule has 5 heteroatoms. The van der Waals surface area contributed by atoms with Gasteiger partial charge in [-0.1, -0.05) is 36.4 Å². The fraction of sp³-hybridized carbons (Fsp3) is 0.100. The van der Waals surface area contributed by atoms with Gasteiger partial charge in [0, 0.05) is 16.9 Å². The zero-order chi connectivity index (χ0) is 17.4. The van der Waals surface area contributed by atoms with Crippen molar-refractivity contribution in [3.05, 3.63) is 71.8 Å². The smallest absolute Gasteiger partial charge is 0.247 e. The summed E-state index contributed by atoms with van der Waals surface area (Å²) in [5.74, 6) is 0.565. The first-order valence-corrected chi connectivity index (χ1v) is 8.17. The third kappa shape index (κ3) is 2.70. The normalized spacial score (nSPS) is 11.0. The Hall–Kier alpha value is -3.34. The second kappa shape index (κ2) is 5.94. The van der Waals surface area contributed by atoms with Crippen LogP contribution < -0.4 is 11.1 Å². The number of anilines is 3. The van der Waals surface area contributed by atoms with Gasteiger partial charge in [0.15, 0.2) is 5.65 Å². The van der Waals surface area contributed by atoms with Gasteiger partial charge in [-0.25, -0.2) is 4.52 Å². The van der Waals surface area contributed by atoms with E-state index in [2.05, 4.69) is 27.5 Å². The van der Waals surface area contributed by atoms with Crippen LogP contribution in [-0.4, -0.2) is 14.6 Å². The lowest BCUT2D eigenvalue weighted by Gasteiger charge is -2.10. The molecule has 0 spiro atoms. The van der Waals surface area contributed by atoms with Crippen LogP contribution >= 0.6 is 0 Å². The van der Waals surface area contributed by atoms with Crippen molar-refractivity contribution in [1.29, 1.82) is 0 Å². The second-order valence-corrected chi connectivity index (χ2v) is 6.06. The van der Waals surface area contributed by atoms with Crippen molar-refractivity contribution in [3.63, 3.8) is 0 Å². The van der Waals surface area contributed by atoms with Crippen molar-refractivity contribution in [2.45, 2.75) is 13.8 Å². The predicted molar refractivity (Wildman–Crippen MR) is 102 cm³/mol. The molecule has 0 saturated carbocycles. The molecule has 2 aromatic carbocycles. The molecule has 0 fully saturated rings. The fourth-order valence-corrected chi connectivity index (χ4v) is 2.88. The van der Waals surface area contributed by atoms with Gasteiger partial charge in [0.05, 0.1) is 5.69 Å². The highest BCUT2D eigenvalue weighted by molar-refractivity contribution is 5.68. The molecule has 2 aromatic heterocycles. The van der Waals surface area contributed by atoms with Crippen LogP contribution in [0.4, 0.5) is 17.3 Å². The molecule has 0 aliphatic carbocycles. The number of nitrogen functional groups attached to an aromatic ring is 1. The van der Waals surface area contributed by atoms with Gasteiger partial charge in [-0.3, -0.25) is 0 Å². The summed E-state index contributed by atoms with van der Waals surface area (Å²) in [4.78, 5) is 4.60. The molecule has 0 saturated heterocycles. The number of aromatic nitrogens is 3. The fourth-order valence-electron chi connectivity index (χ4n) is 2.88. The van der Waals surface area contributed by atoms with Crippen LogP contribution in [0.5, 0.6) is 0 Å². The summed E-state index contributed by atoms with van der Waals surface area (Å²) in [6.07, 6.45) is 0. The first-order valence-electron chi connectivity index (χ1n) is 8.17. The van der Waals surface area contributed by atoms with Gasteiger partial charge >= 0.3 is 0 Å². The Morgan fingerprint density at radius 3 is 2.48 bits per heavy atom. The summed E-state index contributed by atoms with van der Waals surface area (Å²) < 4.78 is 1.86. The van der Waals surface area contributed by atoms with Crippen LogP contribution in [-0.2, 0) is 0 Å². The van der Waals surface area contributed by atoms with Crippen LogP contribution in [0.15, 0.2) is 60.7 Å². The zero-order valence-electron chi connectivity index (χ0n) is 14.2. The highest BCUT2D eigenvalue weighted by Gasteiger charge is 2.11. The molecule has 25 heavy (non-hydrogen) atoms. The maximum Gasteiger partial charge on any atom is 0.247 e. The average Bonchev–Trinajstić information content (AvgIpc) is 3.05. The Balaban J connectivity index is 1.77. The topological polar surface area (TPSA) is 68.2 Å². The third-order valence-corrected chi connectivity index (χ3v) is 4.50. The molecule has 0 amide bonds. The van der Waals surface area contributed by atoms with Crippen molar-refractivity contribution in [1.82, 2.24) is 14.6 Å². The lowest BCUT2D eigenvalue weighted by Crippen LogP contribution is -2.00. The Morgan fingerprint density at radius 1 is 0.880 bits per heavy atom. The highest BCUT2D eigenvalue weighted by Crippen LogP contribution is 2.26. The van der Waals surface area contributed by atoms with Crippen LogP contribution in [0.25, 0.3) is 16.9 Å². The SMILES string of the molecule is Cc1c(N)ccc(Nc2nc3cccc(-c4ccccc4)n3n2)c1C. The number of nitrogens with zero attached hydrogens (tertiary/aromatic N) is 3. The third-order valence-electron chi connectivity index (χ3n) is 4.50. The summed E-state index contributed by atoms with van der Waals surface area (Å²) in [6.45, 7) is 4.06. The summed E-state index contributed by atoms with van der Waals surface area (Å²) in [5.41, 5.74) is 12.8. The lowest BCUT2D eigenvalue weighted by atomic mass is 10.1. The standard InChI is InChI=1S/C20H19N5/c1-13-14(2)17(12-11-16(13)21)22-20-23-19-10-6-9-18(25(19)24-20)15-7-4-3-5-8-15/h3-12H,21H2,1-2H3,(H,22,24). The van der Waals surface area contributed by atoms with E-state index in [1.165, 1.54) is 0 Å². The van der Waals surface area contributed by atoms with Gasteiger partial charge in [0.2, 0.25) is 5.95 Å². The monoisotopic (exact) mass is 329 g/mol. The number of hydrogen-bond acceptors (Lipinski definition) is 4. The maximum atomic E-state index is 5.97. The summed E-state index contributed by atoms with van der Waals surface area (Å²) in [7, 11) is 0. The molecule has 0 atom stereocenters. The van der Waals surface area contributed by atoms with E-state index in [1.54, 1.807) is 0 Å². The van der Waals surface area contributed by atoms with Crippen molar-refractivity contribution < 1.29 is 0 Å². The van der Waals surface area contributed by atoms with Gasteiger partial charge in [0.1, 0.15) is 0 Å². The van der Waals surface area contributed by atoms with Gasteiger partial charge in [-0.05, 0) is 49.2 Å². The number of hydrogen-bond donors (Lipinski definition) is 2. The Bertz CT molecular complexity index is 1050. The minimum atomic E-state index is 0.565. The van der Waals surface area contributed by atoms with E-state index >= 15 is 0 Å². The zero-order valence-corrected chi connectivity index (χ0v) is 14.2. The minimum absolute atomic E-state index is 0.565. The molecule has 5 nitrogen and oxygen atoms in total. The van der Waals surface area contributed by atoms with Crippen molar-refractivity contribution in [2.24, 2.45) is 0 Å². The lowest BCUT2D eigenvalue weighted by molar-refractivity contribution is 0.973. The van der Waals surface area contributed by atoms with Crippen LogP contribution in [0.3, 0.4) is 0 Å². The number of fused-ring (bicyclic) bond motifs is 1. The van der Waals surface area contributed by atoms with E-state index in [0.717, 1.165) is 39.4 Å². The largest absolute Gasteiger partial charge is 0.399 e. The molecular formula is C20H19N5. The highest BCUT2D eigenvalue weighted by atomic mass is 15.4. The number of pyridine rings is 1. The molecule has 4 rings (SSSR count). The second-order valence-electron chi connectivity index (χ2n) is 6.06. The van der Waals surface area contributed by atoms with Crippen molar-refractivity contribution in [3.8, 4) is 11.3 Å². The summed E-state index contributed by atoms with van der Waals surface area (Å²) >= 11 is 0. The molecule has 3 N–H and O–H groups in total. The van der Waals surface area contributed by atoms with E-state index < -0.39 is 0 Å². The van der Waals surface area contributed by atoms with E-state index in [1.807, 2.05) is 66.9 Å². The molecule has 0 aliphatic rings. The van der Waals surface area contributed by atoms with Gasteiger partial charge in [0.25, 0.3) is 0 Å². The number of nitrogens with two attached hydrogens (primary N) is 1. The molecule has 0 bridgehead atoms. The first kappa shape index (κ1) is 15.2. The number of benzene rings is 2. The van der Waals surface area contributed by atoms with E-state index in [9.17, 15) is 0 Å². The maximum absolute atomic E-state index is 5.97. The Morgan fingerprint density at radius 2 is 1.68 bits per heavy atom. The van der Waals surface area contributed by atoms with Gasteiger partial charge < -0.3 is 11.1 Å². The Labute approximate surface area is 146 Å². The molecule has 124 valence electrons. The average molecular weight is 329 g/mol. The molecule has 0 radical (unpaired) electrons. The molecule has 0 aliphatic heterocycles. The predicted octanol–water partition coefficient (Wildman–Crippen LogP) is 4.34. The van der Waals surface area contributed by atoms with Gasteiger partial charge in [-0.15, -0.1) is 5.10 Å². The summed E-state index contributed by atoms with van der Waals surface area (Å²) in [5, 5.41) is 7.95. The quantitative estimate of drug-likeness (QED) is 0.549. The number of nitrogens with one attached hydrogen (secondary N) is 1. The van der Waals surface area contributed by atoms with Crippen molar-refractivity contribution >= 4 is 23.0 Å². The van der Waals surface area contributed by atoms with Crippen LogP contribution in [0.2, 0.25) is 0 Å². The summed E-state index contributed by atoms with van der Waals surface area (Å²) in [6, 6.07) is 20.0.